The van der Waals surface area contributed by atoms with Crippen LogP contribution in [0, 0.1) is 5.92 Å². The molecule has 1 aliphatic heterocycles. The Kier molecular flexibility index (Phi) is 25.1. The van der Waals surface area contributed by atoms with Crippen molar-refractivity contribution in [2.45, 2.75) is 107 Å². The van der Waals surface area contributed by atoms with E-state index < -0.39 is 114 Å². The van der Waals surface area contributed by atoms with Gasteiger partial charge in [-0.2, -0.15) is 0 Å². The van der Waals surface area contributed by atoms with Crippen LogP contribution in [-0.2, 0) is 64.0 Å². The predicted molar refractivity (Wildman–Crippen MR) is 304 cm³/mol. The molecule has 22 nitrogen and oxygen atoms in total. The number of aliphatic hydroxyl groups excluding tert-OH is 1. The van der Waals surface area contributed by atoms with E-state index in [0.717, 1.165) is 21.6 Å². The van der Waals surface area contributed by atoms with Gasteiger partial charge in [-0.25, -0.2) is 0 Å². The molecular formula is C55H69ClN10O12S2. The zero-order valence-corrected chi connectivity index (χ0v) is 46.5. The number of Topliss-reactive ketones (excluding diaryl/α,β-unsaturated/α-hetero) is 1. The zero-order chi connectivity index (χ0) is 58.5. The summed E-state index contributed by atoms with van der Waals surface area (Å²) in [5, 5.41) is 50.4. The van der Waals surface area contributed by atoms with Crippen LogP contribution in [0.15, 0.2) is 97.1 Å². The van der Waals surface area contributed by atoms with Crippen molar-refractivity contribution in [1.82, 2.24) is 37.2 Å². The molecule has 25 heteroatoms. The number of ketones is 1. The Hall–Kier alpha value is -7.22. The highest BCUT2D eigenvalue weighted by Crippen LogP contribution is 2.26. The maximum atomic E-state index is 14.8. The van der Waals surface area contributed by atoms with Crippen LogP contribution in [0.25, 0.3) is 0 Å². The Bertz CT molecular complexity index is 2780. The highest BCUT2D eigenvalue weighted by molar-refractivity contribution is 8.76. The molecule has 8 amide bonds. The average Bonchev–Trinajstić information content (AvgIpc) is 3.42. The molecule has 0 saturated carbocycles. The van der Waals surface area contributed by atoms with Crippen molar-refractivity contribution < 1.29 is 58.5 Å². The number of phenolic OH excluding ortho intramolecular Hbond substituents is 2. The van der Waals surface area contributed by atoms with Gasteiger partial charge >= 0.3 is 0 Å². The summed E-state index contributed by atoms with van der Waals surface area (Å²) in [6, 6.07) is 14.3. The summed E-state index contributed by atoms with van der Waals surface area (Å²) in [5.41, 5.74) is 19.9. The first-order valence-corrected chi connectivity index (χ1v) is 28.6. The lowest BCUT2D eigenvalue weighted by atomic mass is 9.90. The number of aromatic hydroxyl groups is 2. The summed E-state index contributed by atoms with van der Waals surface area (Å²) in [4.78, 5) is 126. The van der Waals surface area contributed by atoms with E-state index in [-0.39, 0.29) is 60.7 Å². The average molecular weight is 1160 g/mol. The monoisotopic (exact) mass is 1160 g/mol. The Morgan fingerprint density at radius 3 is 1.84 bits per heavy atom. The van der Waals surface area contributed by atoms with Gasteiger partial charge in [0.25, 0.3) is 0 Å². The lowest BCUT2D eigenvalue weighted by Crippen LogP contribution is -2.62. The van der Waals surface area contributed by atoms with Crippen LogP contribution in [0.2, 0.25) is 5.02 Å². The Balaban J connectivity index is 1.58. The minimum atomic E-state index is -1.74. The molecule has 0 spiro atoms. The Morgan fingerprint density at radius 2 is 1.24 bits per heavy atom. The molecule has 1 heterocycles. The van der Waals surface area contributed by atoms with Crippen molar-refractivity contribution in [3.8, 4) is 11.5 Å². The van der Waals surface area contributed by atoms with Crippen LogP contribution >= 0.6 is 33.2 Å². The standard InChI is InChI=1S/C55H69ClN10O12S2/c1-30(67)47-55(78)65-45(54(77)62-42(49(59)72)25-34-12-20-39(69)21-13-34)29-80-79-28-44(64-51(74)40(57)24-32-8-16-37(56)17-9-32)46(70)27-36(23-31-10-18-38(68)19-11-31)50(73)63-43(26-33-6-14-35(15-7-33)48(58)71)53(76)61-41(52(75)66-47)5-3-4-22-60-2/h6-21,30,36,40-45,47,60,67-69H,3-5,22-29,57H2,1-2H3,(H2,58,71)(H2,59,72)(H,61,76)(H,62,77)(H,63,73)(H,64,74)(H,65,78)(H,66,75)/t30-,36-,40+,41+,42?,43-,44-,45+,47+/m1/s1. The largest absolute Gasteiger partial charge is 0.508 e. The molecule has 430 valence electrons. The van der Waals surface area contributed by atoms with E-state index in [9.17, 15) is 58.5 Å². The van der Waals surface area contributed by atoms with Gasteiger partial charge in [0, 0.05) is 47.3 Å². The number of aliphatic hydroxyl groups is 1. The fourth-order valence-corrected chi connectivity index (χ4v) is 10.9. The van der Waals surface area contributed by atoms with Crippen LogP contribution in [0.3, 0.4) is 0 Å². The van der Waals surface area contributed by atoms with E-state index in [4.69, 9.17) is 28.8 Å². The predicted octanol–water partition coefficient (Wildman–Crippen LogP) is 0.583. The van der Waals surface area contributed by atoms with Crippen molar-refractivity contribution in [3.63, 3.8) is 0 Å². The van der Waals surface area contributed by atoms with Gasteiger partial charge in [-0.3, -0.25) is 43.2 Å². The van der Waals surface area contributed by atoms with E-state index in [1.807, 2.05) is 0 Å². The fourth-order valence-electron chi connectivity index (χ4n) is 8.45. The molecule has 0 bridgehead atoms. The normalized spacial score (nSPS) is 21.0. The number of nitrogens with one attached hydrogen (secondary N) is 7. The molecule has 4 aromatic carbocycles. The maximum absolute atomic E-state index is 14.8. The van der Waals surface area contributed by atoms with Crippen molar-refractivity contribution >= 4 is 86.2 Å². The molecule has 80 heavy (non-hydrogen) atoms. The molecule has 0 radical (unpaired) electrons. The van der Waals surface area contributed by atoms with Gasteiger partial charge < -0.3 is 69.7 Å². The molecule has 1 saturated heterocycles. The number of benzene rings is 4. The number of unbranched alkanes of at least 4 members (excludes halogenated alkanes) is 1. The Labute approximate surface area is 476 Å². The minimum Gasteiger partial charge on any atom is -0.508 e. The fraction of sp³-hybridized carbons (Fsp3) is 0.400. The van der Waals surface area contributed by atoms with Gasteiger partial charge in [0.1, 0.15) is 41.7 Å². The van der Waals surface area contributed by atoms with Crippen molar-refractivity contribution in [2.75, 3.05) is 25.1 Å². The number of hydrogen-bond acceptors (Lipinski definition) is 16. The van der Waals surface area contributed by atoms with Crippen LogP contribution in [0.4, 0.5) is 0 Å². The highest BCUT2D eigenvalue weighted by atomic mass is 35.5. The first kappa shape index (κ1) is 63.6. The van der Waals surface area contributed by atoms with Crippen LogP contribution in [-0.4, -0.2) is 142 Å². The first-order valence-electron chi connectivity index (χ1n) is 25.8. The summed E-state index contributed by atoms with van der Waals surface area (Å²) in [6.45, 7) is 1.76. The molecule has 4 aromatic rings. The van der Waals surface area contributed by atoms with Gasteiger partial charge in [0.2, 0.25) is 47.3 Å². The highest BCUT2D eigenvalue weighted by Gasteiger charge is 2.37. The number of amides is 8. The van der Waals surface area contributed by atoms with Crippen molar-refractivity contribution in [3.05, 3.63) is 130 Å². The second-order valence-corrected chi connectivity index (χ2v) is 22.4. The summed E-state index contributed by atoms with van der Waals surface area (Å²) in [5.74, 6) is -9.33. The summed E-state index contributed by atoms with van der Waals surface area (Å²) in [7, 11) is 3.71. The first-order chi connectivity index (χ1) is 38.1. The van der Waals surface area contributed by atoms with Crippen LogP contribution in [0.5, 0.6) is 11.5 Å². The molecular weight excluding hydrogens is 1090 g/mol. The molecule has 1 fully saturated rings. The lowest BCUT2D eigenvalue weighted by molar-refractivity contribution is -0.137. The van der Waals surface area contributed by atoms with Gasteiger partial charge in [0.15, 0.2) is 5.78 Å². The van der Waals surface area contributed by atoms with Crippen LogP contribution in [0.1, 0.15) is 65.2 Å². The van der Waals surface area contributed by atoms with E-state index in [1.54, 1.807) is 43.4 Å². The number of rotatable bonds is 20. The van der Waals surface area contributed by atoms with E-state index >= 15 is 0 Å². The molecule has 0 aromatic heterocycles. The Morgan fingerprint density at radius 1 is 0.688 bits per heavy atom. The second-order valence-electron chi connectivity index (χ2n) is 19.4. The number of carbonyl (C=O) groups is 9. The quantitative estimate of drug-likeness (QED) is 0.0425. The van der Waals surface area contributed by atoms with E-state index in [1.165, 1.54) is 67.6 Å². The van der Waals surface area contributed by atoms with E-state index in [0.29, 0.717) is 46.7 Å². The molecule has 9 atom stereocenters. The number of phenols is 2. The van der Waals surface area contributed by atoms with Gasteiger partial charge in [0.05, 0.1) is 18.2 Å². The third-order valence-corrected chi connectivity index (χ3v) is 15.7. The van der Waals surface area contributed by atoms with Gasteiger partial charge in [-0.1, -0.05) is 81.7 Å². The molecule has 0 aliphatic carbocycles. The third kappa shape index (κ3) is 20.5. The molecule has 1 aliphatic rings. The lowest BCUT2D eigenvalue weighted by Gasteiger charge is -2.29. The topological polar surface area (TPSA) is 377 Å². The molecule has 16 N–H and O–H groups in total. The number of nitrogens with two attached hydrogens (primary N) is 3. The van der Waals surface area contributed by atoms with Gasteiger partial charge in [-0.15, -0.1) is 0 Å². The number of hydrogen-bond donors (Lipinski definition) is 13. The summed E-state index contributed by atoms with van der Waals surface area (Å²) < 4.78 is 0. The van der Waals surface area contributed by atoms with Crippen molar-refractivity contribution in [1.29, 1.82) is 0 Å². The minimum absolute atomic E-state index is 0.00422. The number of halogens is 1. The number of carbonyl (C=O) groups excluding carboxylic acids is 9. The van der Waals surface area contributed by atoms with Crippen molar-refractivity contribution in [2.24, 2.45) is 23.1 Å². The van der Waals surface area contributed by atoms with E-state index in [2.05, 4.69) is 37.2 Å². The second kappa shape index (κ2) is 31.5. The summed E-state index contributed by atoms with van der Waals surface area (Å²) in [6.07, 6.45) is -1.60. The summed E-state index contributed by atoms with van der Waals surface area (Å²) >= 11 is 6.08. The maximum Gasteiger partial charge on any atom is 0.248 e. The third-order valence-electron chi connectivity index (χ3n) is 13.0. The molecule has 5 rings (SSSR count). The van der Waals surface area contributed by atoms with Crippen LogP contribution < -0.4 is 54.4 Å². The number of primary amides is 2. The van der Waals surface area contributed by atoms with Gasteiger partial charge in [-0.05, 0) is 123 Å². The SMILES string of the molecule is CNCCCC[C@@H]1NC(=O)[C@@H](Cc2ccc(C(N)=O)cc2)NC(=O)[C@H](Cc2ccc(O)cc2)CC(=O)[C@H](NC(=O)[C@@H](N)Cc2ccc(Cl)cc2)CSSC[C@@H](C(=O)NC(Cc2ccc(O)cc2)C(N)=O)NC(=O)[C@H]([C@@H](C)O)NC1=O. The smallest absolute Gasteiger partial charge is 0.248 e. The zero-order valence-electron chi connectivity index (χ0n) is 44.2. The molecule has 1 unspecified atom stereocenters.